The van der Waals surface area contributed by atoms with Gasteiger partial charge in [-0.25, -0.2) is 4.99 Å². The molecule has 0 unspecified atom stereocenters. The molecule has 39 heavy (non-hydrogen) atoms. The van der Waals surface area contributed by atoms with Crippen molar-refractivity contribution in [3.63, 3.8) is 0 Å². The molecule has 0 aliphatic carbocycles. The number of aliphatic hydroxyl groups is 1. The molecule has 0 saturated heterocycles. The fourth-order valence-electron chi connectivity index (χ4n) is 5.96. The molecule has 0 aromatic heterocycles. The lowest BCUT2D eigenvalue weighted by Gasteiger charge is -2.43. The number of aliphatic imine (C=N–C) groups is 1. The van der Waals surface area contributed by atoms with Crippen LogP contribution in [0.4, 0.5) is 0 Å². The molecule has 4 N–H and O–H groups in total. The average Bonchev–Trinajstić information content (AvgIpc) is 2.90. The van der Waals surface area contributed by atoms with Crippen molar-refractivity contribution < 1.29 is 24.2 Å². The first kappa shape index (κ1) is 27.0. The van der Waals surface area contributed by atoms with E-state index in [-0.39, 0.29) is 23.9 Å². The smallest absolute Gasteiger partial charge is 0.251 e. The number of fused-ring (bicyclic) bond motifs is 2. The molecule has 0 bridgehead atoms. The van der Waals surface area contributed by atoms with Crippen LogP contribution in [0, 0.1) is 0 Å². The number of rotatable bonds is 5. The van der Waals surface area contributed by atoms with Gasteiger partial charge in [0.05, 0.1) is 30.1 Å². The quantitative estimate of drug-likeness (QED) is 0.532. The number of hydrogen-bond acceptors (Lipinski definition) is 7. The Bertz CT molecular complexity index is 1320. The monoisotopic (exact) mass is 534 g/mol. The molecule has 0 radical (unpaired) electrons. The average molecular weight is 535 g/mol. The number of hydrogen-bond donors (Lipinski definition) is 3. The van der Waals surface area contributed by atoms with E-state index in [1.165, 1.54) is 0 Å². The number of ether oxygens (including phenoxy) is 2. The van der Waals surface area contributed by atoms with Gasteiger partial charge < -0.3 is 25.6 Å². The highest BCUT2D eigenvalue weighted by Crippen LogP contribution is 2.43. The van der Waals surface area contributed by atoms with Crippen LogP contribution in [0.1, 0.15) is 93.9 Å². The topological polar surface area (TPSA) is 126 Å². The molecular formula is C30H38N4O5. The van der Waals surface area contributed by atoms with Crippen molar-refractivity contribution in [2.45, 2.75) is 95.7 Å². The number of carbonyl (C=O) groups is 2. The van der Waals surface area contributed by atoms with Crippen LogP contribution in [0.3, 0.4) is 0 Å². The summed E-state index contributed by atoms with van der Waals surface area (Å²) >= 11 is 0. The Kier molecular flexibility index (Phi) is 6.83. The summed E-state index contributed by atoms with van der Waals surface area (Å²) in [5.41, 5.74) is 6.87. The minimum atomic E-state index is -0.967. The Hall–Kier alpha value is -3.59. The number of carbonyl (C=O) groups excluding carboxylic acids is 2. The van der Waals surface area contributed by atoms with E-state index in [1.807, 2.05) is 45.0 Å². The van der Waals surface area contributed by atoms with Crippen molar-refractivity contribution in [1.29, 1.82) is 0 Å². The fourth-order valence-corrected chi connectivity index (χ4v) is 5.96. The van der Waals surface area contributed by atoms with E-state index in [4.69, 9.17) is 20.2 Å². The Morgan fingerprint density at radius 2 is 1.87 bits per heavy atom. The third-order valence-electron chi connectivity index (χ3n) is 8.43. The van der Waals surface area contributed by atoms with Crippen molar-refractivity contribution in [2.24, 2.45) is 10.7 Å². The highest BCUT2D eigenvalue weighted by atomic mass is 16.5. The molecule has 0 saturated carbocycles. The molecule has 2 amide bonds. The molecule has 2 aromatic carbocycles. The second-order valence-corrected chi connectivity index (χ2v) is 11.4. The van der Waals surface area contributed by atoms with Crippen molar-refractivity contribution >= 4 is 17.8 Å². The Balaban J connectivity index is 1.47. The molecule has 3 heterocycles. The van der Waals surface area contributed by atoms with Crippen LogP contribution in [0.25, 0.3) is 0 Å². The molecule has 0 fully saturated rings. The van der Waals surface area contributed by atoms with Crippen molar-refractivity contribution in [3.05, 3.63) is 59.2 Å². The maximum Gasteiger partial charge on any atom is 0.251 e. The lowest BCUT2D eigenvalue weighted by molar-refractivity contribution is -0.132. The lowest BCUT2D eigenvalue weighted by Crippen LogP contribution is -2.54. The molecule has 208 valence electrons. The van der Waals surface area contributed by atoms with Gasteiger partial charge in [-0.15, -0.1) is 0 Å². The van der Waals surface area contributed by atoms with Crippen LogP contribution < -0.4 is 20.5 Å². The maximum absolute atomic E-state index is 13.6. The van der Waals surface area contributed by atoms with E-state index in [1.54, 1.807) is 36.9 Å². The van der Waals surface area contributed by atoms with Gasteiger partial charge in [-0.2, -0.15) is 0 Å². The zero-order valence-electron chi connectivity index (χ0n) is 23.2. The molecule has 4 atom stereocenters. The van der Waals surface area contributed by atoms with Gasteiger partial charge in [0.2, 0.25) is 5.91 Å². The Labute approximate surface area is 229 Å². The van der Waals surface area contributed by atoms with E-state index in [9.17, 15) is 14.7 Å². The molecule has 9 nitrogen and oxygen atoms in total. The van der Waals surface area contributed by atoms with Gasteiger partial charge in [0.15, 0.2) is 5.96 Å². The van der Waals surface area contributed by atoms with E-state index < -0.39 is 29.3 Å². The number of nitrogens with one attached hydrogen (secondary N) is 1. The summed E-state index contributed by atoms with van der Waals surface area (Å²) in [7, 11) is 0. The van der Waals surface area contributed by atoms with Crippen molar-refractivity contribution in [3.8, 4) is 11.5 Å². The largest absolute Gasteiger partial charge is 0.490 e. The second-order valence-electron chi connectivity index (χ2n) is 11.4. The van der Waals surface area contributed by atoms with Gasteiger partial charge in [-0.1, -0.05) is 32.0 Å². The standard InChI is InChI=1S/C30H38N4O5/c1-6-30(7-2)16-24(35)34(28(31)33-30)21-14-17(3)38-22-13-12-18(15-20(21)22)27(37)32-25-19-10-8-9-11-23(19)39-29(4,5)26(25)36/h8-13,15,17,21,25-26,36H,6-7,14,16H2,1-5H3,(H2,31,33)(H,32,37)/t17-,21-,25-,26+/m1/s1. The minimum Gasteiger partial charge on any atom is -0.490 e. The first-order valence-electron chi connectivity index (χ1n) is 13.7. The predicted octanol–water partition coefficient (Wildman–Crippen LogP) is 4.01. The second kappa shape index (κ2) is 9.86. The van der Waals surface area contributed by atoms with Crippen LogP contribution in [0.5, 0.6) is 11.5 Å². The van der Waals surface area contributed by atoms with E-state index in [0.717, 1.165) is 12.8 Å². The summed E-state index contributed by atoms with van der Waals surface area (Å²) in [6.07, 6.45) is 1.15. The summed E-state index contributed by atoms with van der Waals surface area (Å²) in [4.78, 5) is 33.4. The number of benzene rings is 2. The Morgan fingerprint density at radius 3 is 2.56 bits per heavy atom. The minimum absolute atomic E-state index is 0.0738. The molecule has 5 rings (SSSR count). The van der Waals surface area contributed by atoms with Crippen molar-refractivity contribution in [2.75, 3.05) is 0 Å². The Morgan fingerprint density at radius 1 is 1.15 bits per heavy atom. The normalized spacial score (nSPS) is 26.9. The molecule has 0 spiro atoms. The first-order chi connectivity index (χ1) is 18.5. The molecule has 9 heteroatoms. The first-order valence-corrected chi connectivity index (χ1v) is 13.7. The number of aliphatic hydroxyl groups excluding tert-OH is 1. The van der Waals surface area contributed by atoms with Gasteiger partial charge in [0, 0.05) is 23.1 Å². The third kappa shape index (κ3) is 4.73. The summed E-state index contributed by atoms with van der Waals surface area (Å²) in [6.45, 7) is 9.58. The molecule has 3 aliphatic rings. The number of nitrogens with two attached hydrogens (primary N) is 1. The zero-order valence-corrected chi connectivity index (χ0v) is 23.2. The molecular weight excluding hydrogens is 496 g/mol. The summed E-state index contributed by atoms with van der Waals surface area (Å²) in [6, 6.07) is 11.5. The van der Waals surface area contributed by atoms with Crippen LogP contribution in [0.15, 0.2) is 47.5 Å². The summed E-state index contributed by atoms with van der Waals surface area (Å²) in [5, 5.41) is 14.1. The van der Waals surface area contributed by atoms with Crippen LogP contribution >= 0.6 is 0 Å². The molecule has 3 aliphatic heterocycles. The van der Waals surface area contributed by atoms with Gasteiger partial charge in [-0.3, -0.25) is 14.5 Å². The highest BCUT2D eigenvalue weighted by Gasteiger charge is 2.45. The SMILES string of the molecule is CCC1(CC)CC(=O)N([C@@H]2C[C@@H](C)Oc3ccc(C(=O)N[C@@H]4c5ccccc5OC(C)(C)[C@H]4O)cc32)C(N)=N1. The lowest BCUT2D eigenvalue weighted by atomic mass is 9.86. The fraction of sp³-hybridized carbons (Fsp3) is 0.500. The number of nitrogens with zero attached hydrogens (tertiary/aromatic N) is 2. The van der Waals surface area contributed by atoms with E-state index >= 15 is 0 Å². The van der Waals surface area contributed by atoms with Gasteiger partial charge >= 0.3 is 0 Å². The zero-order chi connectivity index (χ0) is 28.1. The van der Waals surface area contributed by atoms with Crippen LogP contribution in [0.2, 0.25) is 0 Å². The van der Waals surface area contributed by atoms with E-state index in [2.05, 4.69) is 5.32 Å². The number of amides is 2. The van der Waals surface area contributed by atoms with Gasteiger partial charge in [-0.05, 0) is 57.9 Å². The van der Waals surface area contributed by atoms with Gasteiger partial charge in [0.25, 0.3) is 5.91 Å². The van der Waals surface area contributed by atoms with E-state index in [0.29, 0.717) is 41.0 Å². The van der Waals surface area contributed by atoms with Gasteiger partial charge in [0.1, 0.15) is 23.2 Å². The van der Waals surface area contributed by atoms with Crippen molar-refractivity contribution in [1.82, 2.24) is 10.2 Å². The highest BCUT2D eigenvalue weighted by molar-refractivity contribution is 6.00. The van der Waals surface area contributed by atoms with Crippen LogP contribution in [-0.4, -0.2) is 51.1 Å². The predicted molar refractivity (Wildman–Crippen MR) is 148 cm³/mol. The maximum atomic E-state index is 13.6. The third-order valence-corrected chi connectivity index (χ3v) is 8.43. The number of guanidine groups is 1. The molecule has 2 aromatic rings. The number of para-hydroxylation sites is 1. The summed E-state index contributed by atoms with van der Waals surface area (Å²) in [5.74, 6) is 1.01. The van der Waals surface area contributed by atoms with Crippen LogP contribution in [-0.2, 0) is 4.79 Å². The summed E-state index contributed by atoms with van der Waals surface area (Å²) < 4.78 is 12.1.